The number of ether oxygens (including phenoxy) is 1. The summed E-state index contributed by atoms with van der Waals surface area (Å²) >= 11 is 0. The van der Waals surface area contributed by atoms with E-state index in [1.54, 1.807) is 49.4 Å². The van der Waals surface area contributed by atoms with Crippen LogP contribution in [-0.2, 0) is 14.4 Å². The van der Waals surface area contributed by atoms with E-state index in [0.29, 0.717) is 33.8 Å². The molecule has 0 saturated heterocycles. The number of carbonyl (C=O) groups is 3. The second kappa shape index (κ2) is 11.2. The van der Waals surface area contributed by atoms with Gasteiger partial charge < -0.3 is 19.5 Å². The predicted molar refractivity (Wildman–Crippen MR) is 142 cm³/mol. The number of alkyl halides is 3. The number of Topliss-reactive ketones (excluding diaryl/α,β-unsaturated/α-hetero) is 1. The number of aliphatic imine (C=N–C) groups is 1. The molecule has 0 bridgehead atoms. The maximum absolute atomic E-state index is 13.8. The lowest BCUT2D eigenvalue weighted by molar-refractivity contribution is -0.144. The van der Waals surface area contributed by atoms with Gasteiger partial charge in [-0.15, -0.1) is 0 Å². The number of carbonyl (C=O) groups excluding carboxylic acids is 3. The van der Waals surface area contributed by atoms with Crippen molar-refractivity contribution in [3.05, 3.63) is 77.2 Å². The molecule has 2 amide bonds. The van der Waals surface area contributed by atoms with E-state index < -0.39 is 54.6 Å². The van der Waals surface area contributed by atoms with E-state index in [4.69, 9.17) is 9.26 Å². The molecule has 0 aliphatic carbocycles. The number of nitrogens with zero attached hydrogens (tertiary/aromatic N) is 3. The first-order chi connectivity index (χ1) is 19.5. The van der Waals surface area contributed by atoms with E-state index in [0.717, 1.165) is 0 Å². The number of rotatable bonds is 8. The first-order valence-electron chi connectivity index (χ1n) is 13.0. The van der Waals surface area contributed by atoms with Crippen molar-refractivity contribution >= 4 is 29.0 Å². The number of benzene rings is 2. The zero-order chi connectivity index (χ0) is 29.3. The van der Waals surface area contributed by atoms with Gasteiger partial charge in [-0.25, -0.2) is 4.99 Å². The molecule has 0 unspecified atom stereocenters. The van der Waals surface area contributed by atoms with Gasteiger partial charge in [0.1, 0.15) is 24.4 Å². The smallest absolute Gasteiger partial charge is 0.389 e. The Morgan fingerprint density at radius 2 is 1.90 bits per heavy atom. The molecule has 2 aromatic carbocycles. The van der Waals surface area contributed by atoms with Crippen LogP contribution in [0.5, 0.6) is 5.75 Å². The van der Waals surface area contributed by atoms with Crippen LogP contribution in [0.15, 0.2) is 64.3 Å². The maximum atomic E-state index is 13.8. The molecule has 1 N–H and O–H groups in total. The van der Waals surface area contributed by atoms with E-state index >= 15 is 0 Å². The van der Waals surface area contributed by atoms with Crippen LogP contribution >= 0.6 is 0 Å². The quantitative estimate of drug-likeness (QED) is 0.433. The van der Waals surface area contributed by atoms with Gasteiger partial charge in [0.05, 0.1) is 35.5 Å². The van der Waals surface area contributed by atoms with Crippen LogP contribution in [0.3, 0.4) is 0 Å². The number of amides is 2. The van der Waals surface area contributed by atoms with Crippen molar-refractivity contribution in [2.75, 3.05) is 18.1 Å². The van der Waals surface area contributed by atoms with Crippen molar-refractivity contribution in [3.8, 4) is 5.75 Å². The molecule has 9 nitrogen and oxygen atoms in total. The van der Waals surface area contributed by atoms with E-state index in [1.165, 1.54) is 18.1 Å². The average molecular weight is 569 g/mol. The number of hydrogen-bond donors (Lipinski definition) is 1. The minimum absolute atomic E-state index is 0.0747. The second-order valence-corrected chi connectivity index (χ2v) is 9.98. The lowest BCUT2D eigenvalue weighted by atomic mass is 9.81. The molecule has 41 heavy (non-hydrogen) atoms. The van der Waals surface area contributed by atoms with Gasteiger partial charge >= 0.3 is 6.18 Å². The van der Waals surface area contributed by atoms with Crippen molar-refractivity contribution in [1.82, 2.24) is 10.5 Å². The Labute approximate surface area is 233 Å². The van der Waals surface area contributed by atoms with E-state index in [-0.39, 0.29) is 18.8 Å². The van der Waals surface area contributed by atoms with Gasteiger partial charge in [0.15, 0.2) is 0 Å². The average Bonchev–Trinajstić information content (AvgIpc) is 3.31. The largest absolute Gasteiger partial charge is 0.490 e. The Bertz CT molecular complexity index is 1500. The first kappa shape index (κ1) is 28.1. The highest BCUT2D eigenvalue weighted by Gasteiger charge is 2.42. The summed E-state index contributed by atoms with van der Waals surface area (Å²) in [5.41, 5.74) is 2.65. The molecule has 12 heteroatoms. The highest BCUT2D eigenvalue weighted by Crippen LogP contribution is 2.39. The third-order valence-electron chi connectivity index (χ3n) is 7.18. The Hall–Kier alpha value is -4.48. The Morgan fingerprint density at radius 1 is 1.15 bits per heavy atom. The molecular weight excluding hydrogens is 541 g/mol. The van der Waals surface area contributed by atoms with Crippen molar-refractivity contribution in [2.45, 2.75) is 44.9 Å². The number of halogens is 3. The van der Waals surface area contributed by atoms with Crippen LogP contribution < -0.4 is 15.0 Å². The molecule has 5 rings (SSSR count). The van der Waals surface area contributed by atoms with Crippen LogP contribution in [0.1, 0.15) is 48.1 Å². The zero-order valence-electron chi connectivity index (χ0n) is 22.3. The van der Waals surface area contributed by atoms with Gasteiger partial charge in [-0.1, -0.05) is 47.6 Å². The summed E-state index contributed by atoms with van der Waals surface area (Å²) in [6.45, 7) is 3.15. The maximum Gasteiger partial charge on any atom is 0.389 e. The van der Waals surface area contributed by atoms with E-state index in [9.17, 15) is 27.6 Å². The molecule has 0 saturated carbocycles. The Kier molecular flexibility index (Phi) is 7.65. The van der Waals surface area contributed by atoms with Gasteiger partial charge in [0.2, 0.25) is 12.1 Å². The van der Waals surface area contributed by atoms with Gasteiger partial charge in [-0.05, 0) is 26.3 Å². The normalized spacial score (nSPS) is 18.0. The summed E-state index contributed by atoms with van der Waals surface area (Å²) in [6.07, 6.45) is -6.83. The Balaban J connectivity index is 1.56. The van der Waals surface area contributed by atoms with Gasteiger partial charge in [-0.2, -0.15) is 13.2 Å². The highest BCUT2D eigenvalue weighted by molar-refractivity contribution is 6.21. The van der Waals surface area contributed by atoms with Gasteiger partial charge in [-0.3, -0.25) is 14.4 Å². The minimum atomic E-state index is -4.58. The molecule has 3 atom stereocenters. The number of ketones is 1. The first-order valence-corrected chi connectivity index (χ1v) is 13.0. The SMILES string of the molecule is CC(=O)[C@@H](c1nocc1C)[C@@H](CCC(F)(F)F)C(=O)N[C@H]1N=C(c2ccccc2)c2cccc3c2N(CCO3)C1=O. The minimum Gasteiger partial charge on any atom is -0.490 e. The van der Waals surface area contributed by atoms with Crippen LogP contribution in [0, 0.1) is 12.8 Å². The molecule has 214 valence electrons. The van der Waals surface area contributed by atoms with Crippen LogP contribution in [0.2, 0.25) is 0 Å². The lowest BCUT2D eigenvalue weighted by Gasteiger charge is -2.31. The summed E-state index contributed by atoms with van der Waals surface area (Å²) in [5, 5.41) is 6.38. The third kappa shape index (κ3) is 5.72. The van der Waals surface area contributed by atoms with Crippen molar-refractivity contribution in [2.24, 2.45) is 10.9 Å². The van der Waals surface area contributed by atoms with Crippen molar-refractivity contribution < 1.29 is 36.8 Å². The van der Waals surface area contributed by atoms with E-state index in [2.05, 4.69) is 15.5 Å². The number of para-hydroxylation sites is 1. The number of aryl methyl sites for hydroxylation is 1. The molecule has 3 aromatic rings. The van der Waals surface area contributed by atoms with Crippen LogP contribution in [0.4, 0.5) is 18.9 Å². The molecule has 3 heterocycles. The fourth-order valence-corrected chi connectivity index (χ4v) is 5.28. The lowest BCUT2D eigenvalue weighted by Crippen LogP contribution is -2.51. The molecule has 2 aliphatic heterocycles. The molecule has 2 aliphatic rings. The molecular formula is C29H27F3N4O5. The van der Waals surface area contributed by atoms with Crippen LogP contribution in [-0.4, -0.2) is 54.0 Å². The summed E-state index contributed by atoms with van der Waals surface area (Å²) in [4.78, 5) is 46.5. The Morgan fingerprint density at radius 3 is 2.56 bits per heavy atom. The second-order valence-electron chi connectivity index (χ2n) is 9.98. The third-order valence-corrected chi connectivity index (χ3v) is 7.18. The van der Waals surface area contributed by atoms with Gasteiger partial charge in [0.25, 0.3) is 5.91 Å². The fraction of sp³-hybridized carbons (Fsp3) is 0.345. The standard InChI is InChI=1S/C29H27F3N4O5/c1-16-15-41-35-23(16)22(17(2)37)19(11-12-29(30,31)32)27(38)34-26-28(39)36-13-14-40-21-10-6-9-20(25(21)36)24(33-26)18-7-4-3-5-8-18/h3-10,15,19,22,26H,11-14H2,1-2H3,(H,34,38)/t19-,22-,26-/m1/s1. The topological polar surface area (TPSA) is 114 Å². The zero-order valence-corrected chi connectivity index (χ0v) is 22.3. The van der Waals surface area contributed by atoms with Crippen LogP contribution in [0.25, 0.3) is 0 Å². The summed E-state index contributed by atoms with van der Waals surface area (Å²) < 4.78 is 50.7. The number of aromatic nitrogens is 1. The monoisotopic (exact) mass is 568 g/mol. The van der Waals surface area contributed by atoms with Crippen molar-refractivity contribution in [3.63, 3.8) is 0 Å². The fourth-order valence-electron chi connectivity index (χ4n) is 5.28. The molecule has 0 radical (unpaired) electrons. The summed E-state index contributed by atoms with van der Waals surface area (Å²) in [7, 11) is 0. The highest BCUT2D eigenvalue weighted by atomic mass is 19.4. The van der Waals surface area contributed by atoms with E-state index in [1.807, 2.05) is 6.07 Å². The van der Waals surface area contributed by atoms with Crippen molar-refractivity contribution in [1.29, 1.82) is 0 Å². The van der Waals surface area contributed by atoms with Gasteiger partial charge in [0, 0.05) is 23.1 Å². The number of hydrogen-bond acceptors (Lipinski definition) is 7. The summed E-state index contributed by atoms with van der Waals surface area (Å²) in [6, 6.07) is 14.3. The summed E-state index contributed by atoms with van der Waals surface area (Å²) in [5.74, 6) is -4.40. The number of anilines is 1. The molecule has 0 fully saturated rings. The molecule has 0 spiro atoms. The number of nitrogens with one attached hydrogen (secondary N) is 1. The molecule has 1 aromatic heterocycles. The predicted octanol–water partition coefficient (Wildman–Crippen LogP) is 4.33.